The number of rotatable bonds is 14. The van der Waals surface area contributed by atoms with Gasteiger partial charge in [-0.25, -0.2) is 0 Å². The number of unbranched alkanes of at least 4 members (excludes halogenated alkanes) is 12. The summed E-state index contributed by atoms with van der Waals surface area (Å²) in [5.74, 6) is -0.655. The molecule has 0 aliphatic rings. The molecule has 2 heteroatoms. The Morgan fingerprint density at radius 3 is 1.33 bits per heavy atom. The van der Waals surface area contributed by atoms with Crippen LogP contribution in [0, 0.1) is 0 Å². The molecular formula is C16H32O2. The molecule has 108 valence electrons. The van der Waals surface area contributed by atoms with Crippen molar-refractivity contribution in [3.8, 4) is 0 Å². The zero-order valence-electron chi connectivity index (χ0n) is 12.3. The van der Waals surface area contributed by atoms with Crippen LogP contribution in [0.2, 0.25) is 0 Å². The highest BCUT2D eigenvalue weighted by Crippen LogP contribution is 2.12. The minimum Gasteiger partial charge on any atom is -0.481 e. The van der Waals surface area contributed by atoms with Gasteiger partial charge in [0.1, 0.15) is 0 Å². The Morgan fingerprint density at radius 1 is 0.667 bits per heavy atom. The summed E-state index contributed by atoms with van der Waals surface area (Å²) in [6, 6.07) is 0. The van der Waals surface area contributed by atoms with Gasteiger partial charge in [-0.15, -0.1) is 0 Å². The van der Waals surface area contributed by atoms with Gasteiger partial charge in [-0.05, 0) is 6.42 Å². The number of carboxylic acids is 1. The standard InChI is InChI=1S/C16H32O2/c1-2-3-4-5-6-7-8-9-10-11-12-13-14-15-16(17)18/h2-15H2,1H3,(H,17,18)/i16-3. The van der Waals surface area contributed by atoms with Crippen LogP contribution in [0.4, 0.5) is 0 Å². The van der Waals surface area contributed by atoms with Crippen molar-refractivity contribution < 1.29 is 9.90 Å². The van der Waals surface area contributed by atoms with Crippen molar-refractivity contribution in [1.82, 2.24) is 0 Å². The third kappa shape index (κ3) is 15.5. The van der Waals surface area contributed by atoms with Gasteiger partial charge >= 0.3 is 5.97 Å². The third-order valence-electron chi connectivity index (χ3n) is 3.49. The lowest BCUT2D eigenvalue weighted by Crippen LogP contribution is -1.93. The fraction of sp³-hybridized carbons (Fsp3) is 0.938. The van der Waals surface area contributed by atoms with Gasteiger partial charge in [0.15, 0.2) is 0 Å². The van der Waals surface area contributed by atoms with Gasteiger partial charge in [0.2, 0.25) is 0 Å². The summed E-state index contributed by atoms with van der Waals surface area (Å²) in [7, 11) is 0. The van der Waals surface area contributed by atoms with E-state index in [1.54, 1.807) is 0 Å². The molecule has 0 aromatic carbocycles. The van der Waals surface area contributed by atoms with Crippen LogP contribution in [0.5, 0.6) is 0 Å². The quantitative estimate of drug-likeness (QED) is 0.412. The molecule has 0 spiro atoms. The maximum atomic E-state index is 10.3. The van der Waals surface area contributed by atoms with Gasteiger partial charge in [0.05, 0.1) is 0 Å². The first-order valence-electron chi connectivity index (χ1n) is 7.99. The lowest BCUT2D eigenvalue weighted by molar-refractivity contribution is -0.137. The Hall–Kier alpha value is -0.530. The fourth-order valence-electron chi connectivity index (χ4n) is 2.29. The summed E-state index contributed by atoms with van der Waals surface area (Å²) in [5, 5.41) is 8.49. The summed E-state index contributed by atoms with van der Waals surface area (Å²) in [4.78, 5) is 10.3. The average molecular weight is 253 g/mol. The molecule has 18 heavy (non-hydrogen) atoms. The third-order valence-corrected chi connectivity index (χ3v) is 3.49. The van der Waals surface area contributed by atoms with E-state index in [1.807, 2.05) is 0 Å². The molecule has 0 aliphatic carbocycles. The van der Waals surface area contributed by atoms with E-state index < -0.39 is 5.97 Å². The van der Waals surface area contributed by atoms with Crippen molar-refractivity contribution in [2.24, 2.45) is 0 Å². The number of aliphatic carboxylic acids is 1. The number of hydrogen-bond donors (Lipinski definition) is 1. The summed E-state index contributed by atoms with van der Waals surface area (Å²) >= 11 is 0. The molecule has 2 nitrogen and oxygen atoms in total. The molecule has 0 saturated heterocycles. The van der Waals surface area contributed by atoms with Crippen molar-refractivity contribution in [2.45, 2.75) is 96.8 Å². The first-order valence-corrected chi connectivity index (χ1v) is 7.99. The second kappa shape index (κ2) is 14.5. The van der Waals surface area contributed by atoms with Gasteiger partial charge in [0, 0.05) is 6.42 Å². The van der Waals surface area contributed by atoms with E-state index in [4.69, 9.17) is 5.11 Å². The summed E-state index contributed by atoms with van der Waals surface area (Å²) < 4.78 is 0. The van der Waals surface area contributed by atoms with Crippen molar-refractivity contribution in [3.05, 3.63) is 0 Å². The van der Waals surface area contributed by atoms with E-state index in [0.29, 0.717) is 6.42 Å². The highest BCUT2D eigenvalue weighted by atomic mass is 16.2. The average Bonchev–Trinajstić information content (AvgIpc) is 2.34. The molecule has 0 aliphatic heterocycles. The van der Waals surface area contributed by atoms with Crippen LogP contribution in [0.15, 0.2) is 0 Å². The van der Waals surface area contributed by atoms with Crippen molar-refractivity contribution >= 4 is 5.97 Å². The van der Waals surface area contributed by atoms with Crippen LogP contribution < -0.4 is 0 Å². The maximum absolute atomic E-state index is 10.3. The monoisotopic (exact) mass is 253 g/mol. The van der Waals surface area contributed by atoms with Crippen LogP contribution in [-0.4, -0.2) is 11.1 Å². The SMILES string of the molecule is CCCCCCCCCCCCCCC[9C](=O)O. The predicted octanol–water partition coefficient (Wildman–Crippen LogP) is 5.55. The van der Waals surface area contributed by atoms with E-state index in [9.17, 15) is 4.79 Å². The van der Waals surface area contributed by atoms with Crippen molar-refractivity contribution in [3.63, 3.8) is 0 Å². The predicted molar refractivity (Wildman–Crippen MR) is 77.9 cm³/mol. The molecule has 0 fully saturated rings. The molecule has 0 aromatic heterocycles. The van der Waals surface area contributed by atoms with Crippen molar-refractivity contribution in [1.29, 1.82) is 0 Å². The maximum Gasteiger partial charge on any atom is 0.303 e. The van der Waals surface area contributed by atoms with E-state index in [1.165, 1.54) is 70.6 Å². The van der Waals surface area contributed by atoms with Gasteiger partial charge < -0.3 is 5.11 Å². The van der Waals surface area contributed by atoms with E-state index >= 15 is 0 Å². The zero-order chi connectivity index (χ0) is 13.5. The Labute approximate surface area is 113 Å². The molecular weight excluding hydrogens is 221 g/mol. The molecule has 0 heterocycles. The minimum absolute atomic E-state index is 0.345. The van der Waals surface area contributed by atoms with Gasteiger partial charge in [-0.2, -0.15) is 0 Å². The van der Waals surface area contributed by atoms with Crippen LogP contribution in [0.3, 0.4) is 0 Å². The smallest absolute Gasteiger partial charge is 0.303 e. The summed E-state index contributed by atoms with van der Waals surface area (Å²) in [5.41, 5.74) is 0. The van der Waals surface area contributed by atoms with Crippen molar-refractivity contribution in [2.75, 3.05) is 0 Å². The number of carboxylic acid groups (broad SMARTS) is 1. The normalized spacial score (nSPS) is 10.7. The molecule has 0 unspecified atom stereocenters. The zero-order valence-corrected chi connectivity index (χ0v) is 12.3. The minimum atomic E-state index is -0.655. The summed E-state index contributed by atoms with van der Waals surface area (Å²) in [6.07, 6.45) is 17.3. The van der Waals surface area contributed by atoms with Gasteiger partial charge in [-0.1, -0.05) is 84.0 Å². The highest BCUT2D eigenvalue weighted by Gasteiger charge is 1.96. The molecule has 0 rings (SSSR count). The molecule has 0 bridgehead atoms. The molecule has 0 saturated carbocycles. The molecule has 0 radical (unpaired) electrons. The second-order valence-electron chi connectivity index (χ2n) is 5.39. The van der Waals surface area contributed by atoms with Crippen LogP contribution in [0.25, 0.3) is 0 Å². The number of hydrogen-bond acceptors (Lipinski definition) is 1. The lowest BCUT2D eigenvalue weighted by atomic mass is 8.52. The lowest BCUT2D eigenvalue weighted by Gasteiger charge is -2.02. The Bertz CT molecular complexity index is 178. The van der Waals surface area contributed by atoms with Crippen LogP contribution >= 0.6 is 0 Å². The Morgan fingerprint density at radius 2 is 1.00 bits per heavy atom. The Balaban J connectivity index is 2.92. The first kappa shape index (κ1) is 17.5. The highest BCUT2D eigenvalue weighted by molar-refractivity contribution is 5.66. The first-order chi connectivity index (χ1) is 8.77. The molecule has 0 aromatic rings. The molecule has 0 atom stereocenters. The molecule has 1 N–H and O–H groups in total. The van der Waals surface area contributed by atoms with Gasteiger partial charge in [-0.3, -0.25) is 4.79 Å². The Kier molecular flexibility index (Phi) is 14.1. The molecule has 0 amide bonds. The fourth-order valence-corrected chi connectivity index (χ4v) is 2.29. The van der Waals surface area contributed by atoms with Crippen LogP contribution in [-0.2, 0) is 4.79 Å². The van der Waals surface area contributed by atoms with Crippen LogP contribution in [0.1, 0.15) is 96.8 Å². The number of carbonyl (C=O) groups is 1. The topological polar surface area (TPSA) is 37.3 Å². The second-order valence-corrected chi connectivity index (χ2v) is 5.39. The van der Waals surface area contributed by atoms with E-state index in [2.05, 4.69) is 6.92 Å². The largest absolute Gasteiger partial charge is 0.481 e. The van der Waals surface area contributed by atoms with Gasteiger partial charge in [0.25, 0.3) is 0 Å². The van der Waals surface area contributed by atoms with E-state index in [-0.39, 0.29) is 0 Å². The van der Waals surface area contributed by atoms with E-state index in [0.717, 1.165) is 12.8 Å². The summed E-state index contributed by atoms with van der Waals surface area (Å²) in [6.45, 7) is 2.26.